The zero-order valence-corrected chi connectivity index (χ0v) is 19.8. The van der Waals surface area contributed by atoms with E-state index in [4.69, 9.17) is 9.72 Å². The van der Waals surface area contributed by atoms with Crippen molar-refractivity contribution in [1.29, 1.82) is 0 Å². The van der Waals surface area contributed by atoms with E-state index in [-0.39, 0.29) is 11.5 Å². The Kier molecular flexibility index (Phi) is 6.20. The number of methoxy groups -OCH3 is 1. The Morgan fingerprint density at radius 2 is 1.94 bits per heavy atom. The fourth-order valence-corrected chi connectivity index (χ4v) is 6.31. The molecule has 0 saturated heterocycles. The van der Waals surface area contributed by atoms with Crippen LogP contribution in [-0.4, -0.2) is 28.3 Å². The molecule has 0 unspecified atom stereocenters. The zero-order chi connectivity index (χ0) is 22.8. The Morgan fingerprint density at radius 1 is 1.15 bits per heavy atom. The molecule has 0 radical (unpaired) electrons. The monoisotopic (exact) mass is 477 g/mol. The standard InChI is InChI=1S/C25H23N3O3S2/c1-31-18-12-10-16(11-13-18)26-21(29)14-15-32-25-27-23-22(19-8-5-9-20(19)33-23)24(30)28(25)17-6-3-2-4-7-17/h2-4,6-7,10-13H,5,8-9,14-15H2,1H3,(H,26,29). The third-order valence-corrected chi connectivity index (χ3v) is 7.78. The fraction of sp³-hybridized carbons (Fsp3) is 0.240. The van der Waals surface area contributed by atoms with Crippen LogP contribution in [0.2, 0.25) is 0 Å². The molecular weight excluding hydrogens is 454 g/mol. The van der Waals surface area contributed by atoms with Crippen LogP contribution in [0.3, 0.4) is 0 Å². The molecule has 168 valence electrons. The first-order chi connectivity index (χ1) is 16.1. The van der Waals surface area contributed by atoms with E-state index in [0.717, 1.165) is 46.6 Å². The molecule has 1 aliphatic carbocycles. The van der Waals surface area contributed by atoms with Gasteiger partial charge in [-0.3, -0.25) is 14.2 Å². The van der Waals surface area contributed by atoms with Crippen LogP contribution in [0.15, 0.2) is 64.5 Å². The summed E-state index contributed by atoms with van der Waals surface area (Å²) in [5.74, 6) is 1.17. The number of amides is 1. The number of hydrogen-bond donors (Lipinski definition) is 1. The summed E-state index contributed by atoms with van der Waals surface area (Å²) in [6.45, 7) is 0. The molecule has 0 saturated carbocycles. The van der Waals surface area contributed by atoms with Crippen molar-refractivity contribution >= 4 is 44.9 Å². The van der Waals surface area contributed by atoms with E-state index < -0.39 is 0 Å². The van der Waals surface area contributed by atoms with Crippen LogP contribution in [0.25, 0.3) is 15.9 Å². The smallest absolute Gasteiger partial charge is 0.267 e. The number of thiophene rings is 1. The first-order valence-electron chi connectivity index (χ1n) is 10.8. The largest absolute Gasteiger partial charge is 0.497 e. The average molecular weight is 478 g/mol. The molecule has 2 aromatic heterocycles. The van der Waals surface area contributed by atoms with Gasteiger partial charge < -0.3 is 10.1 Å². The summed E-state index contributed by atoms with van der Waals surface area (Å²) in [7, 11) is 1.61. The van der Waals surface area contributed by atoms with Gasteiger partial charge in [-0.05, 0) is 61.2 Å². The molecule has 6 nitrogen and oxygen atoms in total. The van der Waals surface area contributed by atoms with Gasteiger partial charge in [0.2, 0.25) is 5.91 Å². The number of thioether (sulfide) groups is 1. The summed E-state index contributed by atoms with van der Waals surface area (Å²) in [4.78, 5) is 33.0. The summed E-state index contributed by atoms with van der Waals surface area (Å²) in [6.07, 6.45) is 3.37. The van der Waals surface area contributed by atoms with E-state index in [1.807, 2.05) is 42.5 Å². The van der Waals surface area contributed by atoms with Gasteiger partial charge in [0.15, 0.2) is 5.16 Å². The third-order valence-electron chi connectivity index (χ3n) is 5.66. The number of para-hydroxylation sites is 1. The van der Waals surface area contributed by atoms with Crippen LogP contribution >= 0.6 is 23.1 Å². The molecule has 1 aliphatic rings. The highest BCUT2D eigenvalue weighted by Gasteiger charge is 2.24. The number of carbonyl (C=O) groups is 1. The molecule has 0 aliphatic heterocycles. The van der Waals surface area contributed by atoms with Crippen molar-refractivity contribution in [3.8, 4) is 11.4 Å². The van der Waals surface area contributed by atoms with Gasteiger partial charge in [-0.25, -0.2) is 4.98 Å². The molecule has 4 aromatic rings. The Labute approximate surface area is 199 Å². The summed E-state index contributed by atoms with van der Waals surface area (Å²) in [5.41, 5.74) is 2.67. The SMILES string of the molecule is COc1ccc(NC(=O)CCSc2nc3sc4c(c3c(=O)n2-c2ccccc2)CCC4)cc1. The minimum Gasteiger partial charge on any atom is -0.497 e. The highest BCUT2D eigenvalue weighted by molar-refractivity contribution is 7.99. The molecular formula is C25H23N3O3S2. The van der Waals surface area contributed by atoms with Crippen LogP contribution in [0.1, 0.15) is 23.3 Å². The average Bonchev–Trinajstić information content (AvgIpc) is 3.41. The Balaban J connectivity index is 1.38. The number of hydrogen-bond acceptors (Lipinski definition) is 6. The number of fused-ring (bicyclic) bond motifs is 3. The Morgan fingerprint density at radius 3 is 2.70 bits per heavy atom. The maximum Gasteiger partial charge on any atom is 0.267 e. The summed E-state index contributed by atoms with van der Waals surface area (Å²) in [6, 6.07) is 16.8. The number of ether oxygens (including phenoxy) is 1. The second-order valence-corrected chi connectivity index (χ2v) is 9.93. The number of nitrogens with one attached hydrogen (secondary N) is 1. The van der Waals surface area contributed by atoms with Crippen molar-refractivity contribution in [3.05, 3.63) is 75.4 Å². The number of carbonyl (C=O) groups excluding carboxylic acids is 1. The van der Waals surface area contributed by atoms with E-state index in [2.05, 4.69) is 5.32 Å². The summed E-state index contributed by atoms with van der Waals surface area (Å²) in [5, 5.41) is 4.28. The molecule has 1 N–H and O–H groups in total. The highest BCUT2D eigenvalue weighted by atomic mass is 32.2. The summed E-state index contributed by atoms with van der Waals surface area (Å²) >= 11 is 3.07. The van der Waals surface area contributed by atoms with Gasteiger partial charge in [-0.2, -0.15) is 0 Å². The van der Waals surface area contributed by atoms with Crippen molar-refractivity contribution < 1.29 is 9.53 Å². The lowest BCUT2D eigenvalue weighted by molar-refractivity contribution is -0.115. The van der Waals surface area contributed by atoms with Crippen LogP contribution in [0.5, 0.6) is 5.75 Å². The van der Waals surface area contributed by atoms with E-state index >= 15 is 0 Å². The topological polar surface area (TPSA) is 73.2 Å². The van der Waals surface area contributed by atoms with Gasteiger partial charge in [-0.15, -0.1) is 11.3 Å². The number of anilines is 1. The van der Waals surface area contributed by atoms with Gasteiger partial charge >= 0.3 is 0 Å². The Hall–Kier alpha value is -3.10. The zero-order valence-electron chi connectivity index (χ0n) is 18.2. The van der Waals surface area contributed by atoms with Crippen molar-refractivity contribution in [2.45, 2.75) is 30.8 Å². The minimum absolute atomic E-state index is 0.0178. The van der Waals surface area contributed by atoms with Gasteiger partial charge in [-0.1, -0.05) is 30.0 Å². The molecule has 2 aromatic carbocycles. The second kappa shape index (κ2) is 9.41. The number of nitrogens with zero attached hydrogens (tertiary/aromatic N) is 2. The number of benzene rings is 2. The van der Waals surface area contributed by atoms with Gasteiger partial charge in [0.1, 0.15) is 10.6 Å². The molecule has 0 atom stereocenters. The normalized spacial score (nSPS) is 12.6. The maximum atomic E-state index is 13.6. The van der Waals surface area contributed by atoms with Crippen LogP contribution < -0.4 is 15.6 Å². The maximum absolute atomic E-state index is 13.6. The van der Waals surface area contributed by atoms with Gasteiger partial charge in [0.25, 0.3) is 5.56 Å². The number of aromatic nitrogens is 2. The van der Waals surface area contributed by atoms with Crippen LogP contribution in [0, 0.1) is 0 Å². The molecule has 0 bridgehead atoms. The lowest BCUT2D eigenvalue weighted by Crippen LogP contribution is -2.22. The highest BCUT2D eigenvalue weighted by Crippen LogP contribution is 2.36. The Bertz CT molecular complexity index is 1360. The molecule has 5 rings (SSSR count). The number of rotatable bonds is 7. The molecule has 8 heteroatoms. The predicted molar refractivity (Wildman–Crippen MR) is 134 cm³/mol. The van der Waals surface area contributed by atoms with Crippen molar-refractivity contribution in [1.82, 2.24) is 9.55 Å². The fourth-order valence-electron chi connectivity index (χ4n) is 4.06. The van der Waals surface area contributed by atoms with E-state index in [1.54, 1.807) is 35.1 Å². The van der Waals surface area contributed by atoms with Crippen molar-refractivity contribution in [2.24, 2.45) is 0 Å². The van der Waals surface area contributed by atoms with Crippen molar-refractivity contribution in [3.63, 3.8) is 0 Å². The summed E-state index contributed by atoms with van der Waals surface area (Å²) < 4.78 is 6.84. The molecule has 0 spiro atoms. The second-order valence-electron chi connectivity index (χ2n) is 7.78. The first kappa shape index (κ1) is 21.7. The third kappa shape index (κ3) is 4.41. The lowest BCUT2D eigenvalue weighted by Gasteiger charge is -2.12. The minimum atomic E-state index is -0.0857. The molecule has 2 heterocycles. The lowest BCUT2D eigenvalue weighted by atomic mass is 10.2. The van der Waals surface area contributed by atoms with Crippen LogP contribution in [-0.2, 0) is 17.6 Å². The molecule has 0 fully saturated rings. The van der Waals surface area contributed by atoms with Gasteiger partial charge in [0.05, 0.1) is 18.2 Å². The quantitative estimate of drug-likeness (QED) is 0.297. The molecule has 33 heavy (non-hydrogen) atoms. The van der Waals surface area contributed by atoms with Crippen LogP contribution in [0.4, 0.5) is 5.69 Å². The van der Waals surface area contributed by atoms with E-state index in [0.29, 0.717) is 17.3 Å². The van der Waals surface area contributed by atoms with E-state index in [9.17, 15) is 9.59 Å². The first-order valence-corrected chi connectivity index (χ1v) is 12.6. The van der Waals surface area contributed by atoms with Gasteiger partial charge in [0, 0.05) is 22.7 Å². The van der Waals surface area contributed by atoms with Crippen molar-refractivity contribution in [2.75, 3.05) is 18.2 Å². The number of aryl methyl sites for hydroxylation is 2. The predicted octanol–water partition coefficient (Wildman–Crippen LogP) is 5.07. The van der Waals surface area contributed by atoms with E-state index in [1.165, 1.54) is 22.2 Å². The molecule has 1 amide bonds.